The van der Waals surface area contributed by atoms with E-state index in [1.165, 1.54) is 5.56 Å². The van der Waals surface area contributed by atoms with Crippen LogP contribution in [0.3, 0.4) is 0 Å². The van der Waals surface area contributed by atoms with Crippen molar-refractivity contribution < 1.29 is 19.0 Å². The van der Waals surface area contributed by atoms with E-state index in [1.807, 2.05) is 36.4 Å². The van der Waals surface area contributed by atoms with Gasteiger partial charge in [0.25, 0.3) is 0 Å². The Labute approximate surface area is 147 Å². The van der Waals surface area contributed by atoms with Crippen molar-refractivity contribution in [2.24, 2.45) is 0 Å². The molecule has 0 spiro atoms. The maximum Gasteiger partial charge on any atom is 0.224 e. The number of carbonyl (C=O) groups is 1. The number of ether oxygens (including phenoxy) is 3. The lowest BCUT2D eigenvalue weighted by Gasteiger charge is -2.16. The Bertz CT molecular complexity index is 755. The molecule has 25 heavy (non-hydrogen) atoms. The quantitative estimate of drug-likeness (QED) is 0.877. The molecule has 1 aliphatic carbocycles. The van der Waals surface area contributed by atoms with Gasteiger partial charge in [0.2, 0.25) is 5.91 Å². The van der Waals surface area contributed by atoms with Crippen molar-refractivity contribution in [3.05, 3.63) is 53.1 Å². The van der Waals surface area contributed by atoms with Crippen molar-refractivity contribution in [1.29, 1.82) is 0 Å². The summed E-state index contributed by atoms with van der Waals surface area (Å²) in [5.74, 6) is 2.22. The highest BCUT2D eigenvalue weighted by Crippen LogP contribution is 2.39. The summed E-state index contributed by atoms with van der Waals surface area (Å²) in [6.45, 7) is 0. The van der Waals surface area contributed by atoms with Crippen LogP contribution in [0.2, 0.25) is 0 Å². The van der Waals surface area contributed by atoms with Gasteiger partial charge < -0.3 is 19.5 Å². The van der Waals surface area contributed by atoms with Crippen LogP contribution in [0.15, 0.2) is 36.4 Å². The number of methoxy groups -OCH3 is 3. The normalized spacial score (nSPS) is 15.4. The van der Waals surface area contributed by atoms with Gasteiger partial charge in [-0.3, -0.25) is 4.79 Å². The van der Waals surface area contributed by atoms with Crippen LogP contribution < -0.4 is 19.5 Å². The van der Waals surface area contributed by atoms with E-state index in [0.29, 0.717) is 12.2 Å². The highest BCUT2D eigenvalue weighted by atomic mass is 16.5. The summed E-state index contributed by atoms with van der Waals surface area (Å²) < 4.78 is 15.9. The fourth-order valence-corrected chi connectivity index (χ4v) is 3.26. The summed E-state index contributed by atoms with van der Waals surface area (Å²) in [4.78, 5) is 12.4. The van der Waals surface area contributed by atoms with Crippen molar-refractivity contribution in [3.8, 4) is 17.2 Å². The Balaban J connectivity index is 1.69. The Kier molecular flexibility index (Phi) is 5.12. The molecule has 0 heterocycles. The van der Waals surface area contributed by atoms with Gasteiger partial charge in [-0.15, -0.1) is 0 Å². The number of nitrogens with one attached hydrogen (secondary N) is 1. The Morgan fingerprint density at radius 1 is 1.04 bits per heavy atom. The first-order valence-electron chi connectivity index (χ1n) is 8.31. The predicted molar refractivity (Wildman–Crippen MR) is 95.4 cm³/mol. The van der Waals surface area contributed by atoms with Crippen molar-refractivity contribution in [3.63, 3.8) is 0 Å². The van der Waals surface area contributed by atoms with E-state index in [0.717, 1.165) is 35.5 Å². The lowest BCUT2D eigenvalue weighted by atomic mass is 10.1. The molecule has 0 saturated heterocycles. The minimum absolute atomic E-state index is 0.0119. The Morgan fingerprint density at radius 3 is 2.36 bits per heavy atom. The number of carbonyl (C=O) groups excluding carboxylic acids is 1. The Hall–Kier alpha value is -2.69. The fourth-order valence-electron chi connectivity index (χ4n) is 3.26. The van der Waals surface area contributed by atoms with Gasteiger partial charge in [0.05, 0.1) is 33.8 Å². The Morgan fingerprint density at radius 2 is 1.72 bits per heavy atom. The average Bonchev–Trinajstić information content (AvgIpc) is 3.02. The largest absolute Gasteiger partial charge is 0.497 e. The highest BCUT2D eigenvalue weighted by Gasteiger charge is 2.26. The molecular weight excluding hydrogens is 318 g/mol. The molecule has 3 rings (SSSR count). The molecule has 5 heteroatoms. The molecule has 1 N–H and O–H groups in total. The number of hydrogen-bond acceptors (Lipinski definition) is 4. The van der Waals surface area contributed by atoms with Gasteiger partial charge in [-0.05, 0) is 53.8 Å². The van der Waals surface area contributed by atoms with Gasteiger partial charge in [-0.2, -0.15) is 0 Å². The number of fused-ring (bicyclic) bond motifs is 1. The van der Waals surface area contributed by atoms with Gasteiger partial charge in [0.1, 0.15) is 5.75 Å². The molecule has 0 saturated carbocycles. The molecule has 0 radical (unpaired) electrons. The van der Waals surface area contributed by atoms with Crippen LogP contribution >= 0.6 is 0 Å². The zero-order chi connectivity index (χ0) is 17.8. The first-order valence-corrected chi connectivity index (χ1v) is 8.31. The fraction of sp³-hybridized carbons (Fsp3) is 0.350. The number of amides is 1. The van der Waals surface area contributed by atoms with Crippen LogP contribution in [-0.4, -0.2) is 27.2 Å². The standard InChI is InChI=1S/C20H23NO4/c1-23-15-7-4-13(5-8-15)10-20(22)21-17-9-6-14-11-18(24-2)19(25-3)12-16(14)17/h4-5,7-8,11-12,17H,6,9-10H2,1-3H3,(H,21,22). The number of benzene rings is 2. The van der Waals surface area contributed by atoms with Gasteiger partial charge in [-0.25, -0.2) is 0 Å². The van der Waals surface area contributed by atoms with Gasteiger partial charge >= 0.3 is 0 Å². The van der Waals surface area contributed by atoms with E-state index >= 15 is 0 Å². The second-order valence-corrected chi connectivity index (χ2v) is 6.09. The first kappa shape index (κ1) is 17.1. The molecule has 5 nitrogen and oxygen atoms in total. The summed E-state index contributed by atoms with van der Waals surface area (Å²) in [6, 6.07) is 11.5. The van der Waals surface area contributed by atoms with Crippen LogP contribution in [0.4, 0.5) is 0 Å². The van der Waals surface area contributed by atoms with Crippen LogP contribution in [-0.2, 0) is 17.6 Å². The van der Waals surface area contributed by atoms with E-state index in [2.05, 4.69) is 5.32 Å². The average molecular weight is 341 g/mol. The second-order valence-electron chi connectivity index (χ2n) is 6.09. The minimum Gasteiger partial charge on any atom is -0.497 e. The molecule has 2 aromatic carbocycles. The zero-order valence-electron chi connectivity index (χ0n) is 14.8. The molecule has 1 aliphatic rings. The lowest BCUT2D eigenvalue weighted by Crippen LogP contribution is -2.28. The molecule has 0 aromatic heterocycles. The van der Waals surface area contributed by atoms with Crippen LogP contribution in [0.1, 0.15) is 29.2 Å². The minimum atomic E-state index is 0.0119. The third kappa shape index (κ3) is 3.71. The van der Waals surface area contributed by atoms with Crippen molar-refractivity contribution in [1.82, 2.24) is 5.32 Å². The summed E-state index contributed by atoms with van der Waals surface area (Å²) >= 11 is 0. The van der Waals surface area contributed by atoms with E-state index < -0.39 is 0 Å². The lowest BCUT2D eigenvalue weighted by molar-refractivity contribution is -0.121. The second kappa shape index (κ2) is 7.47. The number of hydrogen-bond donors (Lipinski definition) is 1. The van der Waals surface area contributed by atoms with Gasteiger partial charge in [0.15, 0.2) is 11.5 Å². The number of rotatable bonds is 6. The smallest absolute Gasteiger partial charge is 0.224 e. The maximum atomic E-state index is 12.4. The van der Waals surface area contributed by atoms with Crippen molar-refractivity contribution in [2.75, 3.05) is 21.3 Å². The summed E-state index contributed by atoms with van der Waals surface area (Å²) in [7, 11) is 4.88. The molecule has 0 fully saturated rings. The predicted octanol–water partition coefficient (Wildman–Crippen LogP) is 3.06. The van der Waals surface area contributed by atoms with Gasteiger partial charge in [0, 0.05) is 0 Å². The molecule has 2 aromatic rings. The van der Waals surface area contributed by atoms with E-state index in [1.54, 1.807) is 21.3 Å². The summed E-state index contributed by atoms with van der Waals surface area (Å²) in [5, 5.41) is 3.13. The van der Waals surface area contributed by atoms with E-state index in [-0.39, 0.29) is 11.9 Å². The maximum absolute atomic E-state index is 12.4. The van der Waals surface area contributed by atoms with Crippen molar-refractivity contribution in [2.45, 2.75) is 25.3 Å². The third-order valence-electron chi connectivity index (χ3n) is 4.58. The first-order chi connectivity index (χ1) is 12.1. The zero-order valence-corrected chi connectivity index (χ0v) is 14.8. The summed E-state index contributed by atoms with van der Waals surface area (Å²) in [6.07, 6.45) is 2.16. The molecule has 132 valence electrons. The van der Waals surface area contributed by atoms with Crippen molar-refractivity contribution >= 4 is 5.91 Å². The van der Waals surface area contributed by atoms with Crippen LogP contribution in [0.5, 0.6) is 17.2 Å². The molecule has 1 amide bonds. The number of aryl methyl sites for hydroxylation is 1. The van der Waals surface area contributed by atoms with Crippen LogP contribution in [0, 0.1) is 0 Å². The molecular formula is C20H23NO4. The molecule has 1 atom stereocenters. The van der Waals surface area contributed by atoms with Crippen LogP contribution in [0.25, 0.3) is 0 Å². The molecule has 0 bridgehead atoms. The molecule has 1 unspecified atom stereocenters. The molecule has 0 aliphatic heterocycles. The third-order valence-corrected chi connectivity index (χ3v) is 4.58. The summed E-state index contributed by atoms with van der Waals surface area (Å²) in [5.41, 5.74) is 3.27. The monoisotopic (exact) mass is 341 g/mol. The highest BCUT2D eigenvalue weighted by molar-refractivity contribution is 5.79. The van der Waals surface area contributed by atoms with Gasteiger partial charge in [-0.1, -0.05) is 12.1 Å². The topological polar surface area (TPSA) is 56.8 Å². The van der Waals surface area contributed by atoms with E-state index in [9.17, 15) is 4.79 Å². The van der Waals surface area contributed by atoms with E-state index in [4.69, 9.17) is 14.2 Å². The SMILES string of the molecule is COc1ccc(CC(=O)NC2CCc3cc(OC)c(OC)cc32)cc1.